The predicted octanol–water partition coefficient (Wildman–Crippen LogP) is 6.35. The van der Waals surface area contributed by atoms with E-state index >= 15 is 0 Å². The lowest BCUT2D eigenvalue weighted by Gasteiger charge is -2.41. The highest BCUT2D eigenvalue weighted by atomic mass is 35.5. The van der Waals surface area contributed by atoms with Crippen LogP contribution in [0.4, 0.5) is 0 Å². The molecule has 1 fully saturated rings. The Morgan fingerprint density at radius 2 is 1.88 bits per heavy atom. The van der Waals surface area contributed by atoms with Gasteiger partial charge in [-0.1, -0.05) is 53.5 Å². The predicted molar refractivity (Wildman–Crippen MR) is 102 cm³/mol. The maximum absolute atomic E-state index is 12.7. The van der Waals surface area contributed by atoms with Gasteiger partial charge < -0.3 is 4.74 Å². The fourth-order valence-corrected chi connectivity index (χ4v) is 3.81. The summed E-state index contributed by atoms with van der Waals surface area (Å²) < 4.78 is 5.91. The molecular weight excluding hydrogens is 355 g/mol. The normalized spacial score (nSPS) is 26.1. The van der Waals surface area contributed by atoms with Gasteiger partial charge >= 0.3 is 5.97 Å². The first-order valence-electron chi connectivity index (χ1n) is 8.26. The van der Waals surface area contributed by atoms with E-state index in [1.165, 1.54) is 0 Å². The van der Waals surface area contributed by atoms with Crippen LogP contribution >= 0.6 is 23.2 Å². The number of hydrogen-bond donors (Lipinski definition) is 0. The highest BCUT2D eigenvalue weighted by Crippen LogP contribution is 2.49. The van der Waals surface area contributed by atoms with Crippen molar-refractivity contribution in [3.63, 3.8) is 0 Å². The molecule has 4 heteroatoms. The van der Waals surface area contributed by atoms with Gasteiger partial charge in [-0.3, -0.25) is 4.79 Å². The van der Waals surface area contributed by atoms with Crippen LogP contribution < -0.4 is 0 Å². The van der Waals surface area contributed by atoms with Crippen molar-refractivity contribution in [3.8, 4) is 0 Å². The molecule has 0 N–H and O–H groups in total. The highest BCUT2D eigenvalue weighted by Gasteiger charge is 2.46. The van der Waals surface area contributed by atoms with Gasteiger partial charge in [0.1, 0.15) is 6.10 Å². The van der Waals surface area contributed by atoms with Crippen molar-refractivity contribution in [2.24, 2.45) is 5.41 Å². The van der Waals surface area contributed by atoms with Crippen LogP contribution in [-0.2, 0) is 9.53 Å². The van der Waals surface area contributed by atoms with Gasteiger partial charge in [-0.05, 0) is 55.2 Å². The van der Waals surface area contributed by atoms with Crippen molar-refractivity contribution in [3.05, 3.63) is 82.4 Å². The van der Waals surface area contributed by atoms with E-state index < -0.39 is 5.41 Å². The Morgan fingerprint density at radius 1 is 1.16 bits per heavy atom. The van der Waals surface area contributed by atoms with Crippen molar-refractivity contribution in [2.75, 3.05) is 0 Å². The zero-order chi connectivity index (χ0) is 18.0. The minimum atomic E-state index is -0.586. The first-order chi connectivity index (χ1) is 11.9. The minimum Gasteiger partial charge on any atom is -0.456 e. The molecule has 2 aromatic carbocycles. The van der Waals surface area contributed by atoms with Crippen molar-refractivity contribution in [2.45, 2.75) is 31.8 Å². The fourth-order valence-electron chi connectivity index (χ4n) is 3.48. The number of benzene rings is 2. The van der Waals surface area contributed by atoms with E-state index in [-0.39, 0.29) is 18.0 Å². The zero-order valence-electron chi connectivity index (χ0n) is 14.0. The minimum absolute atomic E-state index is 0.0162. The van der Waals surface area contributed by atoms with Crippen LogP contribution in [0.3, 0.4) is 0 Å². The monoisotopic (exact) mass is 374 g/mol. The van der Waals surface area contributed by atoms with E-state index in [9.17, 15) is 4.79 Å². The quantitative estimate of drug-likeness (QED) is 0.460. The lowest BCUT2D eigenvalue weighted by Crippen LogP contribution is -2.39. The van der Waals surface area contributed by atoms with E-state index in [2.05, 4.69) is 6.58 Å². The number of esters is 1. The van der Waals surface area contributed by atoms with Crippen LogP contribution in [0.2, 0.25) is 10.0 Å². The van der Waals surface area contributed by atoms with Gasteiger partial charge in [0.05, 0.1) is 5.41 Å². The third kappa shape index (κ3) is 3.75. The summed E-state index contributed by atoms with van der Waals surface area (Å²) in [7, 11) is 0. The summed E-state index contributed by atoms with van der Waals surface area (Å²) in [6.45, 7) is 5.73. The molecule has 2 aromatic rings. The molecule has 0 spiro atoms. The molecule has 0 aliphatic carbocycles. The molecule has 1 aliphatic heterocycles. The van der Waals surface area contributed by atoms with Gasteiger partial charge in [0, 0.05) is 16.0 Å². The van der Waals surface area contributed by atoms with Gasteiger partial charge in [-0.2, -0.15) is 0 Å². The third-order valence-corrected chi connectivity index (χ3v) is 5.32. The number of cyclic esters (lactones) is 1. The molecule has 0 unspecified atom stereocenters. The van der Waals surface area contributed by atoms with Crippen molar-refractivity contribution >= 4 is 29.2 Å². The summed E-state index contributed by atoms with van der Waals surface area (Å²) in [4.78, 5) is 12.7. The number of halogens is 2. The molecule has 130 valence electrons. The van der Waals surface area contributed by atoms with Crippen LogP contribution in [0, 0.1) is 5.41 Å². The summed E-state index contributed by atoms with van der Waals surface area (Å²) in [5, 5.41) is 1.33. The molecule has 0 aromatic heterocycles. The second-order valence-electron chi connectivity index (χ2n) is 6.80. The SMILES string of the molecule is C=CC[C@]1(C)C[C@@H](c2cccc(Cl)c2)[C@@H](c2ccc(Cl)cc2)OC1=O. The summed E-state index contributed by atoms with van der Waals surface area (Å²) in [5.41, 5.74) is 1.41. The van der Waals surface area contributed by atoms with Crippen LogP contribution in [0.25, 0.3) is 0 Å². The Balaban J connectivity index is 2.03. The Morgan fingerprint density at radius 3 is 2.52 bits per heavy atom. The molecule has 0 radical (unpaired) electrons. The molecule has 0 bridgehead atoms. The zero-order valence-corrected chi connectivity index (χ0v) is 15.6. The molecule has 25 heavy (non-hydrogen) atoms. The van der Waals surface area contributed by atoms with Gasteiger partial charge in [0.15, 0.2) is 0 Å². The van der Waals surface area contributed by atoms with Gasteiger partial charge in [0.2, 0.25) is 0 Å². The molecule has 1 saturated heterocycles. The van der Waals surface area contributed by atoms with Gasteiger partial charge in [-0.25, -0.2) is 0 Å². The summed E-state index contributed by atoms with van der Waals surface area (Å²) in [5.74, 6) is -0.173. The molecule has 0 saturated carbocycles. The van der Waals surface area contributed by atoms with E-state index in [0.29, 0.717) is 22.9 Å². The topological polar surface area (TPSA) is 26.3 Å². The molecule has 3 atom stereocenters. The highest BCUT2D eigenvalue weighted by molar-refractivity contribution is 6.30. The van der Waals surface area contributed by atoms with Crippen LogP contribution in [-0.4, -0.2) is 5.97 Å². The first kappa shape index (κ1) is 18.0. The number of allylic oxidation sites excluding steroid dienone is 1. The Labute approximate surface area is 158 Å². The van der Waals surface area contributed by atoms with E-state index in [1.807, 2.05) is 55.5 Å². The van der Waals surface area contributed by atoms with Gasteiger partial charge in [-0.15, -0.1) is 6.58 Å². The Hall–Kier alpha value is -1.77. The second-order valence-corrected chi connectivity index (χ2v) is 7.67. The average molecular weight is 375 g/mol. The largest absolute Gasteiger partial charge is 0.456 e. The molecule has 1 heterocycles. The maximum atomic E-state index is 12.7. The molecule has 3 rings (SSSR count). The van der Waals surface area contributed by atoms with Crippen LogP contribution in [0.5, 0.6) is 0 Å². The molecule has 0 amide bonds. The van der Waals surface area contributed by atoms with E-state index in [4.69, 9.17) is 27.9 Å². The second kappa shape index (κ2) is 7.23. The van der Waals surface area contributed by atoms with Crippen molar-refractivity contribution in [1.82, 2.24) is 0 Å². The summed E-state index contributed by atoms with van der Waals surface area (Å²) >= 11 is 12.2. The van der Waals surface area contributed by atoms with E-state index in [1.54, 1.807) is 6.08 Å². The Bertz CT molecular complexity index is 785. The lowest BCUT2D eigenvalue weighted by atomic mass is 9.71. The standard InChI is InChI=1S/C21H20Cl2O2/c1-3-11-21(2)13-18(15-5-4-6-17(23)12-15)19(25-20(21)24)14-7-9-16(22)10-8-14/h3-10,12,18-19H,1,11,13H2,2H3/t18-,19+,21+/m0/s1. The molecular formula is C21H20Cl2O2. The number of carbonyl (C=O) groups excluding carboxylic acids is 1. The summed E-state index contributed by atoms with van der Waals surface area (Å²) in [6.07, 6.45) is 2.67. The number of ether oxygens (including phenoxy) is 1. The van der Waals surface area contributed by atoms with Gasteiger partial charge in [0.25, 0.3) is 0 Å². The van der Waals surface area contributed by atoms with Crippen molar-refractivity contribution < 1.29 is 9.53 Å². The number of carbonyl (C=O) groups is 1. The van der Waals surface area contributed by atoms with Crippen molar-refractivity contribution in [1.29, 1.82) is 0 Å². The van der Waals surface area contributed by atoms with Crippen LogP contribution in [0.1, 0.15) is 42.9 Å². The fraction of sp³-hybridized carbons (Fsp3) is 0.286. The maximum Gasteiger partial charge on any atom is 0.312 e. The average Bonchev–Trinajstić information content (AvgIpc) is 2.58. The number of rotatable bonds is 4. The number of hydrogen-bond acceptors (Lipinski definition) is 2. The van der Waals surface area contributed by atoms with Crippen LogP contribution in [0.15, 0.2) is 61.2 Å². The first-order valence-corrected chi connectivity index (χ1v) is 9.01. The lowest BCUT2D eigenvalue weighted by molar-refractivity contribution is -0.171. The Kier molecular flexibility index (Phi) is 5.21. The molecule has 2 nitrogen and oxygen atoms in total. The smallest absolute Gasteiger partial charge is 0.312 e. The summed E-state index contributed by atoms with van der Waals surface area (Å²) in [6, 6.07) is 15.2. The van der Waals surface area contributed by atoms with E-state index in [0.717, 1.165) is 11.1 Å². The molecule has 1 aliphatic rings. The third-order valence-electron chi connectivity index (χ3n) is 4.83.